The number of rotatable bonds is 6. The molecule has 1 aliphatic rings. The molecule has 1 heterocycles. The zero-order valence-corrected chi connectivity index (χ0v) is 12.8. The summed E-state index contributed by atoms with van der Waals surface area (Å²) in [6.07, 6.45) is 3.01. The number of hydrogen-bond acceptors (Lipinski definition) is 2. The van der Waals surface area contributed by atoms with Crippen LogP contribution in [0.15, 0.2) is 6.07 Å². The number of carboxylic acids is 1. The number of aryl methyl sites for hydroxylation is 1. The van der Waals surface area contributed by atoms with Crippen molar-refractivity contribution in [3.63, 3.8) is 0 Å². The molecule has 6 nitrogen and oxygen atoms in total. The zero-order valence-electron chi connectivity index (χ0n) is 12.8. The number of anilines is 1. The van der Waals surface area contributed by atoms with E-state index >= 15 is 0 Å². The summed E-state index contributed by atoms with van der Waals surface area (Å²) >= 11 is 0. The van der Waals surface area contributed by atoms with Gasteiger partial charge in [0.1, 0.15) is 5.69 Å². The van der Waals surface area contributed by atoms with Crippen LogP contribution in [0, 0.1) is 12.8 Å². The first-order valence-electron chi connectivity index (χ1n) is 7.39. The van der Waals surface area contributed by atoms with E-state index in [1.165, 1.54) is 0 Å². The van der Waals surface area contributed by atoms with Crippen molar-refractivity contribution in [2.75, 3.05) is 11.9 Å². The smallest absolute Gasteiger partial charge is 0.354 e. The van der Waals surface area contributed by atoms with Crippen molar-refractivity contribution in [3.8, 4) is 0 Å². The Hall–Kier alpha value is -1.98. The van der Waals surface area contributed by atoms with Crippen LogP contribution >= 0.6 is 0 Å². The Labute approximate surface area is 124 Å². The minimum atomic E-state index is -1.07. The maximum Gasteiger partial charge on any atom is 0.354 e. The van der Waals surface area contributed by atoms with Gasteiger partial charge >= 0.3 is 12.0 Å². The summed E-state index contributed by atoms with van der Waals surface area (Å²) in [5.74, 6) is -0.540. The van der Waals surface area contributed by atoms with E-state index in [4.69, 9.17) is 5.11 Å². The summed E-state index contributed by atoms with van der Waals surface area (Å²) in [5.41, 5.74) is 1.07. The first-order chi connectivity index (χ1) is 9.88. The molecular weight excluding hydrogens is 270 g/mol. The van der Waals surface area contributed by atoms with E-state index in [0.29, 0.717) is 29.9 Å². The zero-order chi connectivity index (χ0) is 15.6. The molecule has 0 atom stereocenters. The van der Waals surface area contributed by atoms with Crippen LogP contribution in [-0.2, 0) is 0 Å². The minimum Gasteiger partial charge on any atom is -0.477 e. The van der Waals surface area contributed by atoms with Crippen LogP contribution in [0.2, 0.25) is 0 Å². The average molecular weight is 293 g/mol. The predicted molar refractivity (Wildman–Crippen MR) is 80.7 cm³/mol. The number of amides is 2. The molecule has 21 heavy (non-hydrogen) atoms. The molecule has 0 unspecified atom stereocenters. The van der Waals surface area contributed by atoms with Crippen molar-refractivity contribution < 1.29 is 14.7 Å². The summed E-state index contributed by atoms with van der Waals surface area (Å²) in [7, 11) is 0. The van der Waals surface area contributed by atoms with Crippen molar-refractivity contribution in [3.05, 3.63) is 17.5 Å². The fraction of sp³-hybridized carbons (Fsp3) is 0.600. The largest absolute Gasteiger partial charge is 0.477 e. The molecule has 2 amide bonds. The molecule has 1 fully saturated rings. The molecule has 0 aromatic carbocycles. The van der Waals surface area contributed by atoms with Gasteiger partial charge in [-0.3, -0.25) is 0 Å². The summed E-state index contributed by atoms with van der Waals surface area (Å²) in [5, 5.41) is 11.9. The molecule has 6 heteroatoms. The quantitative estimate of drug-likeness (QED) is 0.753. The Morgan fingerprint density at radius 2 is 2.14 bits per heavy atom. The van der Waals surface area contributed by atoms with Crippen LogP contribution < -0.4 is 5.32 Å². The molecule has 1 aromatic heterocycles. The van der Waals surface area contributed by atoms with Gasteiger partial charge in [0, 0.05) is 18.3 Å². The number of aromatic nitrogens is 1. The van der Waals surface area contributed by atoms with E-state index in [1.807, 2.05) is 4.90 Å². The third-order valence-electron chi connectivity index (χ3n) is 3.60. The molecule has 116 valence electrons. The SMILES string of the molecule is Cc1cc(NC(=O)N(CCC(C)C)C2CC2)c(C(=O)O)[nH]1. The molecule has 1 aromatic rings. The van der Waals surface area contributed by atoms with Crippen LogP contribution in [-0.4, -0.2) is 39.6 Å². The summed E-state index contributed by atoms with van der Waals surface area (Å²) in [4.78, 5) is 28.1. The standard InChI is InChI=1S/C15H23N3O3/c1-9(2)6-7-18(11-4-5-11)15(21)17-12-8-10(3)16-13(12)14(19)20/h8-9,11,16H,4-7H2,1-3H3,(H,17,21)(H,19,20). The highest BCUT2D eigenvalue weighted by atomic mass is 16.4. The van der Waals surface area contributed by atoms with Crippen molar-refractivity contribution >= 4 is 17.7 Å². The summed E-state index contributed by atoms with van der Waals surface area (Å²) in [6, 6.07) is 1.74. The second kappa shape index (κ2) is 6.20. The molecule has 0 bridgehead atoms. The van der Waals surface area contributed by atoms with Crippen LogP contribution in [0.5, 0.6) is 0 Å². The lowest BCUT2D eigenvalue weighted by molar-refractivity contribution is 0.0692. The van der Waals surface area contributed by atoms with Gasteiger partial charge in [-0.1, -0.05) is 13.8 Å². The van der Waals surface area contributed by atoms with Gasteiger partial charge in [-0.25, -0.2) is 9.59 Å². The molecule has 0 saturated heterocycles. The first kappa shape index (κ1) is 15.4. The number of carbonyl (C=O) groups is 2. The maximum atomic E-state index is 12.4. The normalized spacial score (nSPS) is 14.3. The van der Waals surface area contributed by atoms with Gasteiger partial charge in [0.05, 0.1) is 5.69 Å². The van der Waals surface area contributed by atoms with E-state index in [-0.39, 0.29) is 11.7 Å². The lowest BCUT2D eigenvalue weighted by Gasteiger charge is -2.23. The summed E-state index contributed by atoms with van der Waals surface area (Å²) < 4.78 is 0. The second-order valence-electron chi connectivity index (χ2n) is 6.08. The van der Waals surface area contributed by atoms with Gasteiger partial charge in [0.2, 0.25) is 0 Å². The molecule has 1 aliphatic carbocycles. The van der Waals surface area contributed by atoms with Crippen molar-refractivity contribution in [1.82, 2.24) is 9.88 Å². The highest BCUT2D eigenvalue weighted by Crippen LogP contribution is 2.28. The highest BCUT2D eigenvalue weighted by molar-refractivity contribution is 5.99. The minimum absolute atomic E-state index is 0.0282. The number of aromatic carboxylic acids is 1. The van der Waals surface area contributed by atoms with Gasteiger partial charge in [0.25, 0.3) is 0 Å². The van der Waals surface area contributed by atoms with Gasteiger partial charge in [-0.2, -0.15) is 0 Å². The summed E-state index contributed by atoms with van der Waals surface area (Å²) in [6.45, 7) is 6.72. The number of H-pyrrole nitrogens is 1. The third-order valence-corrected chi connectivity index (χ3v) is 3.60. The molecule has 0 radical (unpaired) electrons. The lowest BCUT2D eigenvalue weighted by atomic mass is 10.1. The van der Waals surface area contributed by atoms with Crippen LogP contribution in [0.3, 0.4) is 0 Å². The van der Waals surface area contributed by atoms with Crippen LogP contribution in [0.25, 0.3) is 0 Å². The third kappa shape index (κ3) is 4.00. The number of carbonyl (C=O) groups excluding carboxylic acids is 1. The first-order valence-corrected chi connectivity index (χ1v) is 7.39. The van der Waals surface area contributed by atoms with Gasteiger partial charge in [-0.05, 0) is 38.2 Å². The number of nitrogens with one attached hydrogen (secondary N) is 2. The molecule has 2 rings (SSSR count). The lowest BCUT2D eigenvalue weighted by Crippen LogP contribution is -2.38. The van der Waals surface area contributed by atoms with Crippen molar-refractivity contribution in [2.45, 2.75) is 46.1 Å². The van der Waals surface area contributed by atoms with E-state index in [2.05, 4.69) is 24.1 Å². The molecular formula is C15H23N3O3. The van der Waals surface area contributed by atoms with E-state index in [1.54, 1.807) is 13.0 Å². The van der Waals surface area contributed by atoms with Gasteiger partial charge in [-0.15, -0.1) is 0 Å². The fourth-order valence-electron chi connectivity index (χ4n) is 2.28. The maximum absolute atomic E-state index is 12.4. The number of urea groups is 1. The predicted octanol–water partition coefficient (Wildman–Crippen LogP) is 3.06. The van der Waals surface area contributed by atoms with Crippen LogP contribution in [0.1, 0.15) is 49.3 Å². The number of nitrogens with zero attached hydrogens (tertiary/aromatic N) is 1. The Kier molecular flexibility index (Phi) is 4.55. The van der Waals surface area contributed by atoms with E-state index in [9.17, 15) is 9.59 Å². The van der Waals surface area contributed by atoms with Crippen LogP contribution in [0.4, 0.5) is 10.5 Å². The molecule has 0 aliphatic heterocycles. The average Bonchev–Trinajstić information content (AvgIpc) is 3.13. The van der Waals surface area contributed by atoms with Gasteiger partial charge < -0.3 is 20.3 Å². The Morgan fingerprint density at radius 3 is 2.67 bits per heavy atom. The number of hydrogen-bond donors (Lipinski definition) is 3. The van der Waals surface area contributed by atoms with E-state index in [0.717, 1.165) is 19.3 Å². The fourth-order valence-corrected chi connectivity index (χ4v) is 2.28. The second-order valence-corrected chi connectivity index (χ2v) is 6.08. The van der Waals surface area contributed by atoms with Crippen molar-refractivity contribution in [2.24, 2.45) is 5.92 Å². The number of aromatic amines is 1. The van der Waals surface area contributed by atoms with Gasteiger partial charge in [0.15, 0.2) is 0 Å². The molecule has 3 N–H and O–H groups in total. The Balaban J connectivity index is 2.06. The monoisotopic (exact) mass is 293 g/mol. The molecule has 1 saturated carbocycles. The molecule has 0 spiro atoms. The topological polar surface area (TPSA) is 85.4 Å². The van der Waals surface area contributed by atoms with E-state index < -0.39 is 5.97 Å². The Bertz CT molecular complexity index is 532. The Morgan fingerprint density at radius 1 is 1.48 bits per heavy atom. The number of carboxylic acid groups (broad SMARTS) is 1. The highest BCUT2D eigenvalue weighted by Gasteiger charge is 2.33. The van der Waals surface area contributed by atoms with Crippen molar-refractivity contribution in [1.29, 1.82) is 0 Å².